The van der Waals surface area contributed by atoms with Gasteiger partial charge in [-0.1, -0.05) is 6.92 Å². The van der Waals surface area contributed by atoms with Crippen LogP contribution in [0.2, 0.25) is 0 Å². The van der Waals surface area contributed by atoms with Gasteiger partial charge in [0.2, 0.25) is 11.9 Å². The van der Waals surface area contributed by atoms with Gasteiger partial charge in [-0.25, -0.2) is 4.68 Å². The Labute approximate surface area is 116 Å². The Morgan fingerprint density at radius 1 is 1.30 bits per heavy atom. The van der Waals surface area contributed by atoms with Crippen LogP contribution >= 0.6 is 0 Å². The van der Waals surface area contributed by atoms with Crippen LogP contribution in [-0.4, -0.2) is 49.0 Å². The minimum absolute atomic E-state index is 0.166. The molecule has 2 aromatic rings. The fourth-order valence-corrected chi connectivity index (χ4v) is 2.32. The Balaban J connectivity index is 1.90. The molecule has 0 bridgehead atoms. The number of nitrogens with two attached hydrogens (primary N) is 1. The standard InChI is InChI=1S/C12H17N7O/c1-8-7-18(6-3-9(8)20)11-15-10(13)16-12(17-11)19-5-2-4-14-19/h2,4-5,8-9,20H,3,6-7H2,1H3,(H2,13,15,16,17). The van der Waals surface area contributed by atoms with Gasteiger partial charge in [0.1, 0.15) is 0 Å². The molecule has 1 fully saturated rings. The highest BCUT2D eigenvalue weighted by atomic mass is 16.3. The van der Waals surface area contributed by atoms with E-state index >= 15 is 0 Å². The number of piperidine rings is 1. The highest BCUT2D eigenvalue weighted by Crippen LogP contribution is 2.21. The summed E-state index contributed by atoms with van der Waals surface area (Å²) in [6.45, 7) is 3.41. The van der Waals surface area contributed by atoms with Crippen molar-refractivity contribution in [2.45, 2.75) is 19.4 Å². The van der Waals surface area contributed by atoms with Crippen LogP contribution in [-0.2, 0) is 0 Å². The summed E-state index contributed by atoms with van der Waals surface area (Å²) in [4.78, 5) is 14.7. The van der Waals surface area contributed by atoms with E-state index < -0.39 is 0 Å². The molecular formula is C12H17N7O. The molecule has 8 heteroatoms. The van der Waals surface area contributed by atoms with Crippen LogP contribution in [0.5, 0.6) is 0 Å². The van der Waals surface area contributed by atoms with Gasteiger partial charge in [-0.3, -0.25) is 0 Å². The zero-order valence-corrected chi connectivity index (χ0v) is 11.2. The first-order valence-corrected chi connectivity index (χ1v) is 6.58. The van der Waals surface area contributed by atoms with E-state index in [0.29, 0.717) is 31.4 Å². The van der Waals surface area contributed by atoms with Crippen LogP contribution in [0.1, 0.15) is 13.3 Å². The molecule has 1 aliphatic rings. The van der Waals surface area contributed by atoms with E-state index in [1.807, 2.05) is 11.8 Å². The molecule has 106 valence electrons. The van der Waals surface area contributed by atoms with Crippen molar-refractivity contribution in [3.8, 4) is 5.95 Å². The normalized spacial score (nSPS) is 23.0. The first kappa shape index (κ1) is 12.8. The molecule has 3 rings (SSSR count). The van der Waals surface area contributed by atoms with E-state index in [1.165, 1.54) is 0 Å². The SMILES string of the molecule is CC1CN(c2nc(N)nc(-n3cccn3)n2)CCC1O. The molecular weight excluding hydrogens is 258 g/mol. The molecule has 0 radical (unpaired) electrons. The first-order chi connectivity index (χ1) is 9.63. The highest BCUT2D eigenvalue weighted by Gasteiger charge is 2.26. The Morgan fingerprint density at radius 2 is 2.10 bits per heavy atom. The number of anilines is 2. The molecule has 2 aromatic heterocycles. The Hall–Kier alpha value is -2.22. The molecule has 20 heavy (non-hydrogen) atoms. The lowest BCUT2D eigenvalue weighted by Gasteiger charge is -2.34. The summed E-state index contributed by atoms with van der Waals surface area (Å²) >= 11 is 0. The second kappa shape index (κ2) is 5.04. The molecule has 2 atom stereocenters. The molecule has 3 heterocycles. The third-order valence-electron chi connectivity index (χ3n) is 3.48. The fourth-order valence-electron chi connectivity index (χ4n) is 2.32. The number of aliphatic hydroxyl groups is 1. The Morgan fingerprint density at radius 3 is 2.80 bits per heavy atom. The van der Waals surface area contributed by atoms with Gasteiger partial charge in [0.05, 0.1) is 6.10 Å². The number of hydrogen-bond donors (Lipinski definition) is 2. The minimum atomic E-state index is -0.268. The zero-order chi connectivity index (χ0) is 14.1. The summed E-state index contributed by atoms with van der Waals surface area (Å²) in [5.41, 5.74) is 5.75. The lowest BCUT2D eigenvalue weighted by Crippen LogP contribution is -2.43. The predicted molar refractivity (Wildman–Crippen MR) is 73.4 cm³/mol. The zero-order valence-electron chi connectivity index (χ0n) is 11.2. The topological polar surface area (TPSA) is 106 Å². The number of aromatic nitrogens is 5. The number of rotatable bonds is 2. The number of aliphatic hydroxyl groups excluding tert-OH is 1. The number of nitrogens with zero attached hydrogens (tertiary/aromatic N) is 6. The minimum Gasteiger partial charge on any atom is -0.393 e. The maximum atomic E-state index is 9.78. The maximum absolute atomic E-state index is 9.78. The number of hydrogen-bond acceptors (Lipinski definition) is 7. The van der Waals surface area contributed by atoms with Crippen molar-refractivity contribution in [1.29, 1.82) is 0 Å². The summed E-state index contributed by atoms with van der Waals surface area (Å²) in [5, 5.41) is 13.9. The number of nitrogen functional groups attached to an aromatic ring is 1. The van der Waals surface area contributed by atoms with Gasteiger partial charge in [-0.2, -0.15) is 20.1 Å². The van der Waals surface area contributed by atoms with Crippen molar-refractivity contribution in [2.75, 3.05) is 23.7 Å². The van der Waals surface area contributed by atoms with Crippen molar-refractivity contribution < 1.29 is 5.11 Å². The van der Waals surface area contributed by atoms with Crippen molar-refractivity contribution in [2.24, 2.45) is 5.92 Å². The van der Waals surface area contributed by atoms with Crippen LogP contribution < -0.4 is 10.6 Å². The van der Waals surface area contributed by atoms with Gasteiger partial charge in [0.25, 0.3) is 5.95 Å². The second-order valence-electron chi connectivity index (χ2n) is 5.02. The van der Waals surface area contributed by atoms with Gasteiger partial charge in [0.15, 0.2) is 0 Å². The molecule has 1 saturated heterocycles. The average Bonchev–Trinajstić information content (AvgIpc) is 2.95. The molecule has 8 nitrogen and oxygen atoms in total. The van der Waals surface area contributed by atoms with E-state index in [2.05, 4.69) is 20.1 Å². The summed E-state index contributed by atoms with van der Waals surface area (Å²) in [6.07, 6.45) is 3.83. The van der Waals surface area contributed by atoms with Gasteiger partial charge < -0.3 is 15.7 Å². The van der Waals surface area contributed by atoms with Crippen molar-refractivity contribution in [1.82, 2.24) is 24.7 Å². The van der Waals surface area contributed by atoms with Gasteiger partial charge in [0, 0.05) is 25.5 Å². The van der Waals surface area contributed by atoms with Crippen molar-refractivity contribution in [3.63, 3.8) is 0 Å². The lowest BCUT2D eigenvalue weighted by molar-refractivity contribution is 0.0966. The second-order valence-corrected chi connectivity index (χ2v) is 5.02. The molecule has 1 aliphatic heterocycles. The molecule has 0 spiro atoms. The highest BCUT2D eigenvalue weighted by molar-refractivity contribution is 5.38. The fraction of sp³-hybridized carbons (Fsp3) is 0.500. The molecule has 0 aromatic carbocycles. The third kappa shape index (κ3) is 2.42. The van der Waals surface area contributed by atoms with Crippen LogP contribution in [0.4, 0.5) is 11.9 Å². The summed E-state index contributed by atoms with van der Waals surface area (Å²) < 4.78 is 1.55. The lowest BCUT2D eigenvalue weighted by atomic mass is 9.97. The Bertz CT molecular complexity index is 585. The Kier molecular flexibility index (Phi) is 3.23. The third-order valence-corrected chi connectivity index (χ3v) is 3.48. The smallest absolute Gasteiger partial charge is 0.257 e. The van der Waals surface area contributed by atoms with Gasteiger partial charge in [-0.15, -0.1) is 0 Å². The molecule has 0 amide bonds. The van der Waals surface area contributed by atoms with Gasteiger partial charge in [-0.05, 0) is 18.4 Å². The predicted octanol–water partition coefficient (Wildman–Crippen LogP) is -0.153. The van der Waals surface area contributed by atoms with E-state index in [4.69, 9.17) is 5.73 Å². The van der Waals surface area contributed by atoms with Crippen molar-refractivity contribution >= 4 is 11.9 Å². The van der Waals surface area contributed by atoms with E-state index in [0.717, 1.165) is 0 Å². The largest absolute Gasteiger partial charge is 0.393 e. The summed E-state index contributed by atoms with van der Waals surface area (Å²) in [7, 11) is 0. The van der Waals surface area contributed by atoms with E-state index in [9.17, 15) is 5.11 Å². The molecule has 3 N–H and O–H groups in total. The summed E-state index contributed by atoms with van der Waals surface area (Å²) in [5.74, 6) is 1.27. The summed E-state index contributed by atoms with van der Waals surface area (Å²) in [6, 6.07) is 1.79. The molecule has 2 unspecified atom stereocenters. The van der Waals surface area contributed by atoms with Crippen LogP contribution in [0.25, 0.3) is 5.95 Å². The first-order valence-electron chi connectivity index (χ1n) is 6.58. The van der Waals surface area contributed by atoms with E-state index in [1.54, 1.807) is 23.1 Å². The van der Waals surface area contributed by atoms with Crippen LogP contribution in [0.3, 0.4) is 0 Å². The monoisotopic (exact) mass is 275 g/mol. The van der Waals surface area contributed by atoms with Crippen LogP contribution in [0, 0.1) is 5.92 Å². The van der Waals surface area contributed by atoms with E-state index in [-0.39, 0.29) is 18.0 Å². The maximum Gasteiger partial charge on any atom is 0.257 e. The van der Waals surface area contributed by atoms with Crippen molar-refractivity contribution in [3.05, 3.63) is 18.5 Å². The van der Waals surface area contributed by atoms with Crippen LogP contribution in [0.15, 0.2) is 18.5 Å². The molecule has 0 saturated carbocycles. The average molecular weight is 275 g/mol. The molecule has 0 aliphatic carbocycles. The van der Waals surface area contributed by atoms with Gasteiger partial charge >= 0.3 is 0 Å². The quantitative estimate of drug-likeness (QED) is 0.784.